The van der Waals surface area contributed by atoms with Crippen molar-refractivity contribution >= 4 is 0 Å². The van der Waals surface area contributed by atoms with E-state index in [4.69, 9.17) is 16.6 Å². The predicted molar refractivity (Wildman–Crippen MR) is 52.2 cm³/mol. The van der Waals surface area contributed by atoms with E-state index in [9.17, 15) is 10.2 Å². The van der Waals surface area contributed by atoms with Gasteiger partial charge in [-0.15, -0.1) is 0 Å². The molecule has 0 saturated heterocycles. The third-order valence-corrected chi connectivity index (χ3v) is 2.00. The number of hydrogen-bond donors (Lipinski definition) is 5. The lowest BCUT2D eigenvalue weighted by molar-refractivity contribution is 0.364. The first-order chi connectivity index (χ1) is 6.56. The Morgan fingerprint density at radius 3 is 2.36 bits per heavy atom. The predicted octanol–water partition coefficient (Wildman–Crippen LogP) is -0.368. The Labute approximate surface area is 81.6 Å². The molecule has 78 valence electrons. The van der Waals surface area contributed by atoms with Crippen LogP contribution in [0.1, 0.15) is 5.56 Å². The van der Waals surface area contributed by atoms with Gasteiger partial charge in [-0.3, -0.25) is 0 Å². The van der Waals surface area contributed by atoms with Crippen molar-refractivity contribution < 1.29 is 15.3 Å². The third-order valence-electron chi connectivity index (χ3n) is 2.00. The number of hydrogen-bond acceptors (Lipinski definition) is 5. The minimum Gasteiger partial charge on any atom is -0.504 e. The second kappa shape index (κ2) is 4.17. The number of aromatic hydroxyl groups is 3. The number of phenols is 3. The van der Waals surface area contributed by atoms with E-state index in [-0.39, 0.29) is 17.5 Å². The van der Waals surface area contributed by atoms with Gasteiger partial charge in [0.05, 0.1) is 0 Å². The van der Waals surface area contributed by atoms with Crippen molar-refractivity contribution in [3.05, 3.63) is 17.7 Å². The van der Waals surface area contributed by atoms with Crippen LogP contribution >= 0.6 is 0 Å². The molecule has 0 aromatic heterocycles. The highest BCUT2D eigenvalue weighted by molar-refractivity contribution is 5.53. The van der Waals surface area contributed by atoms with Crippen molar-refractivity contribution in [1.29, 1.82) is 0 Å². The van der Waals surface area contributed by atoms with E-state index in [2.05, 4.69) is 0 Å². The van der Waals surface area contributed by atoms with Crippen molar-refractivity contribution in [1.82, 2.24) is 0 Å². The summed E-state index contributed by atoms with van der Waals surface area (Å²) in [6, 6.07) is 2.53. The summed E-state index contributed by atoms with van der Waals surface area (Å²) in [5.41, 5.74) is 11.4. The molecular weight excluding hydrogens is 184 g/mol. The fourth-order valence-electron chi connectivity index (χ4n) is 1.14. The van der Waals surface area contributed by atoms with Gasteiger partial charge in [0.1, 0.15) is 0 Å². The van der Waals surface area contributed by atoms with E-state index in [0.717, 1.165) is 0 Å². The maximum Gasteiger partial charge on any atom is 0.200 e. The van der Waals surface area contributed by atoms with Gasteiger partial charge in [-0.25, -0.2) is 0 Å². The van der Waals surface area contributed by atoms with Gasteiger partial charge in [0, 0.05) is 12.6 Å². The Kier molecular flexibility index (Phi) is 3.16. The molecular formula is C9H14N2O3. The Hall–Kier alpha value is -1.46. The van der Waals surface area contributed by atoms with Crippen LogP contribution in [-0.4, -0.2) is 27.9 Å². The van der Waals surface area contributed by atoms with Crippen LogP contribution in [0.4, 0.5) is 0 Å². The van der Waals surface area contributed by atoms with E-state index in [1.807, 2.05) is 0 Å². The van der Waals surface area contributed by atoms with Crippen LogP contribution in [0.25, 0.3) is 0 Å². The van der Waals surface area contributed by atoms with Gasteiger partial charge < -0.3 is 26.8 Å². The molecule has 7 N–H and O–H groups in total. The lowest BCUT2D eigenvalue weighted by atomic mass is 10.0. The number of phenolic OH excluding ortho intramolecular Hbond substituents is 3. The van der Waals surface area contributed by atoms with E-state index in [1.165, 1.54) is 12.1 Å². The van der Waals surface area contributed by atoms with Crippen molar-refractivity contribution in [2.75, 3.05) is 6.54 Å². The molecule has 0 saturated carbocycles. The smallest absolute Gasteiger partial charge is 0.200 e. The van der Waals surface area contributed by atoms with Gasteiger partial charge in [0.2, 0.25) is 5.75 Å². The van der Waals surface area contributed by atoms with Crippen LogP contribution in [0, 0.1) is 0 Å². The van der Waals surface area contributed by atoms with Gasteiger partial charge in [0.25, 0.3) is 0 Å². The normalized spacial score (nSPS) is 12.7. The summed E-state index contributed by atoms with van der Waals surface area (Å²) in [5.74, 6) is -1.21. The lowest BCUT2D eigenvalue weighted by Crippen LogP contribution is -2.31. The number of rotatable bonds is 3. The molecule has 1 rings (SSSR count). The first-order valence-electron chi connectivity index (χ1n) is 4.24. The SMILES string of the molecule is NCC(N)Cc1ccc(O)c(O)c1O. The first kappa shape index (κ1) is 10.6. The topological polar surface area (TPSA) is 113 Å². The molecule has 1 unspecified atom stereocenters. The first-order valence-corrected chi connectivity index (χ1v) is 4.24. The quantitative estimate of drug-likeness (QED) is 0.425. The molecule has 0 amide bonds. The summed E-state index contributed by atoms with van der Waals surface area (Å²) in [6.45, 7) is 0.293. The third kappa shape index (κ3) is 2.07. The molecule has 0 aliphatic rings. The number of benzene rings is 1. The van der Waals surface area contributed by atoms with Gasteiger partial charge in [-0.05, 0) is 18.1 Å². The van der Waals surface area contributed by atoms with E-state index in [1.54, 1.807) is 0 Å². The second-order valence-electron chi connectivity index (χ2n) is 3.14. The van der Waals surface area contributed by atoms with E-state index >= 15 is 0 Å². The van der Waals surface area contributed by atoms with Gasteiger partial charge in [0.15, 0.2) is 11.5 Å². The summed E-state index contributed by atoms with van der Waals surface area (Å²) in [7, 11) is 0. The molecule has 0 spiro atoms. The second-order valence-corrected chi connectivity index (χ2v) is 3.14. The molecule has 0 radical (unpaired) electrons. The standard InChI is InChI=1S/C9H14N2O3/c10-4-6(11)3-5-1-2-7(12)9(14)8(5)13/h1-2,6,12-14H,3-4,10-11H2. The monoisotopic (exact) mass is 198 g/mol. The Balaban J connectivity index is 2.94. The largest absolute Gasteiger partial charge is 0.504 e. The maximum atomic E-state index is 9.42. The Bertz CT molecular complexity index is 328. The summed E-state index contributed by atoms with van der Waals surface area (Å²) in [6.07, 6.45) is 0.357. The molecule has 5 heteroatoms. The molecule has 1 aromatic carbocycles. The minimum absolute atomic E-state index is 0.273. The molecule has 0 aliphatic carbocycles. The van der Waals surface area contributed by atoms with E-state index < -0.39 is 5.75 Å². The van der Waals surface area contributed by atoms with Crippen LogP contribution < -0.4 is 11.5 Å². The highest BCUT2D eigenvalue weighted by Crippen LogP contribution is 2.37. The summed E-state index contributed by atoms with van der Waals surface area (Å²) >= 11 is 0. The molecule has 0 heterocycles. The van der Waals surface area contributed by atoms with E-state index in [0.29, 0.717) is 18.5 Å². The molecule has 1 atom stereocenters. The van der Waals surface area contributed by atoms with Crippen LogP contribution in [-0.2, 0) is 6.42 Å². The average molecular weight is 198 g/mol. The van der Waals surface area contributed by atoms with Crippen molar-refractivity contribution in [2.45, 2.75) is 12.5 Å². The van der Waals surface area contributed by atoms with Gasteiger partial charge in [-0.2, -0.15) is 0 Å². The maximum absolute atomic E-state index is 9.42. The summed E-state index contributed by atoms with van der Waals surface area (Å²) < 4.78 is 0. The minimum atomic E-state index is -0.522. The van der Waals surface area contributed by atoms with Crippen molar-refractivity contribution in [3.8, 4) is 17.2 Å². The van der Waals surface area contributed by atoms with Crippen molar-refractivity contribution in [2.24, 2.45) is 11.5 Å². The summed E-state index contributed by atoms with van der Waals surface area (Å²) in [5, 5.41) is 27.7. The number of nitrogens with two attached hydrogens (primary N) is 2. The van der Waals surface area contributed by atoms with Crippen LogP contribution in [0.5, 0.6) is 17.2 Å². The molecule has 0 aliphatic heterocycles. The van der Waals surface area contributed by atoms with Gasteiger partial charge in [-0.1, -0.05) is 6.07 Å². The van der Waals surface area contributed by atoms with Crippen molar-refractivity contribution in [3.63, 3.8) is 0 Å². The fourth-order valence-corrected chi connectivity index (χ4v) is 1.14. The highest BCUT2D eigenvalue weighted by atomic mass is 16.3. The van der Waals surface area contributed by atoms with Crippen LogP contribution in [0.3, 0.4) is 0 Å². The zero-order chi connectivity index (χ0) is 10.7. The summed E-state index contributed by atoms with van der Waals surface area (Å²) in [4.78, 5) is 0. The molecule has 5 nitrogen and oxygen atoms in total. The lowest BCUT2D eigenvalue weighted by Gasteiger charge is -2.11. The van der Waals surface area contributed by atoms with Crippen LogP contribution in [0.2, 0.25) is 0 Å². The zero-order valence-corrected chi connectivity index (χ0v) is 7.64. The fraction of sp³-hybridized carbons (Fsp3) is 0.333. The molecule has 14 heavy (non-hydrogen) atoms. The van der Waals surface area contributed by atoms with Crippen LogP contribution in [0.15, 0.2) is 12.1 Å². The zero-order valence-electron chi connectivity index (χ0n) is 7.64. The molecule has 0 fully saturated rings. The Morgan fingerprint density at radius 2 is 1.79 bits per heavy atom. The molecule has 0 bridgehead atoms. The molecule has 1 aromatic rings. The Morgan fingerprint density at radius 1 is 1.14 bits per heavy atom. The highest BCUT2D eigenvalue weighted by Gasteiger charge is 2.12. The van der Waals surface area contributed by atoms with Gasteiger partial charge >= 0.3 is 0 Å². The average Bonchev–Trinajstić information content (AvgIpc) is 2.19.